The van der Waals surface area contributed by atoms with Crippen LogP contribution in [0, 0.1) is 0 Å². The third kappa shape index (κ3) is 4.44. The second-order valence-electron chi connectivity index (χ2n) is 4.91. The summed E-state index contributed by atoms with van der Waals surface area (Å²) in [4.78, 5) is 12.3. The molecule has 4 heteroatoms. The van der Waals surface area contributed by atoms with E-state index in [-0.39, 0.29) is 11.9 Å². The van der Waals surface area contributed by atoms with Crippen molar-refractivity contribution in [1.29, 1.82) is 0 Å². The van der Waals surface area contributed by atoms with Crippen molar-refractivity contribution in [2.45, 2.75) is 45.6 Å². The summed E-state index contributed by atoms with van der Waals surface area (Å²) in [5.74, 6) is 0.928. The molecule has 0 saturated carbocycles. The molecule has 20 heavy (non-hydrogen) atoms. The Morgan fingerprint density at radius 3 is 2.60 bits per heavy atom. The number of unbranched alkanes of at least 4 members (excludes halogenated alkanes) is 2. The molecule has 1 atom stereocenters. The van der Waals surface area contributed by atoms with E-state index in [0.29, 0.717) is 17.1 Å². The molecule has 0 radical (unpaired) electrons. The highest BCUT2D eigenvalue weighted by Gasteiger charge is 2.17. The van der Waals surface area contributed by atoms with Gasteiger partial charge in [-0.3, -0.25) is 4.79 Å². The van der Waals surface area contributed by atoms with Crippen molar-refractivity contribution in [2.75, 3.05) is 14.2 Å². The number of nitrogens with one attached hydrogen (secondary N) is 1. The second kappa shape index (κ2) is 8.46. The zero-order chi connectivity index (χ0) is 15.0. The fourth-order valence-corrected chi connectivity index (χ4v) is 2.14. The molecule has 1 aromatic carbocycles. The Labute approximate surface area is 121 Å². The maximum absolute atomic E-state index is 12.3. The van der Waals surface area contributed by atoms with Gasteiger partial charge in [0.25, 0.3) is 5.91 Å². The van der Waals surface area contributed by atoms with Gasteiger partial charge in [-0.1, -0.05) is 32.3 Å². The summed E-state index contributed by atoms with van der Waals surface area (Å²) < 4.78 is 10.5. The number of amides is 1. The van der Waals surface area contributed by atoms with Crippen molar-refractivity contribution in [1.82, 2.24) is 5.32 Å². The van der Waals surface area contributed by atoms with Gasteiger partial charge in [0.2, 0.25) is 0 Å². The van der Waals surface area contributed by atoms with E-state index in [1.165, 1.54) is 12.8 Å². The van der Waals surface area contributed by atoms with Crippen LogP contribution in [0.4, 0.5) is 0 Å². The van der Waals surface area contributed by atoms with Gasteiger partial charge in [-0.05, 0) is 25.5 Å². The van der Waals surface area contributed by atoms with E-state index >= 15 is 0 Å². The van der Waals surface area contributed by atoms with Crippen molar-refractivity contribution in [3.05, 3.63) is 23.8 Å². The number of carbonyl (C=O) groups excluding carboxylic acids is 1. The lowest BCUT2D eigenvalue weighted by Crippen LogP contribution is -2.32. The molecule has 112 valence electrons. The number of benzene rings is 1. The Hall–Kier alpha value is -1.71. The fourth-order valence-electron chi connectivity index (χ4n) is 2.14. The van der Waals surface area contributed by atoms with Crippen LogP contribution in [-0.2, 0) is 0 Å². The quantitative estimate of drug-likeness (QED) is 0.742. The van der Waals surface area contributed by atoms with Crippen LogP contribution in [0.15, 0.2) is 18.2 Å². The van der Waals surface area contributed by atoms with Crippen molar-refractivity contribution in [3.8, 4) is 11.5 Å². The minimum Gasteiger partial charge on any atom is -0.493 e. The van der Waals surface area contributed by atoms with Crippen LogP contribution in [0.2, 0.25) is 0 Å². The molecule has 0 aromatic heterocycles. The Bertz CT molecular complexity index is 432. The first-order valence-corrected chi connectivity index (χ1v) is 7.15. The van der Waals surface area contributed by atoms with Gasteiger partial charge in [0.1, 0.15) is 0 Å². The molecule has 1 aromatic rings. The van der Waals surface area contributed by atoms with Crippen molar-refractivity contribution < 1.29 is 14.3 Å². The van der Waals surface area contributed by atoms with Crippen molar-refractivity contribution in [2.24, 2.45) is 0 Å². The molecule has 1 N–H and O–H groups in total. The topological polar surface area (TPSA) is 47.6 Å². The fraction of sp³-hybridized carbons (Fsp3) is 0.562. The summed E-state index contributed by atoms with van der Waals surface area (Å²) in [6.07, 6.45) is 4.51. The largest absolute Gasteiger partial charge is 0.493 e. The number of carbonyl (C=O) groups is 1. The van der Waals surface area contributed by atoms with Crippen molar-refractivity contribution >= 4 is 5.91 Å². The highest BCUT2D eigenvalue weighted by molar-refractivity contribution is 5.97. The molecular weight excluding hydrogens is 254 g/mol. The minimum absolute atomic E-state index is 0.121. The first-order valence-electron chi connectivity index (χ1n) is 7.15. The van der Waals surface area contributed by atoms with Gasteiger partial charge in [-0.2, -0.15) is 0 Å². The summed E-state index contributed by atoms with van der Waals surface area (Å²) in [6, 6.07) is 5.47. The van der Waals surface area contributed by atoms with E-state index < -0.39 is 0 Å². The van der Waals surface area contributed by atoms with Gasteiger partial charge >= 0.3 is 0 Å². The molecule has 0 bridgehead atoms. The van der Waals surface area contributed by atoms with Gasteiger partial charge in [-0.25, -0.2) is 0 Å². The molecule has 0 aliphatic carbocycles. The van der Waals surface area contributed by atoms with Crippen LogP contribution < -0.4 is 14.8 Å². The first kappa shape index (κ1) is 16.3. The van der Waals surface area contributed by atoms with E-state index in [0.717, 1.165) is 12.8 Å². The lowest BCUT2D eigenvalue weighted by molar-refractivity contribution is 0.0934. The minimum atomic E-state index is -0.121. The van der Waals surface area contributed by atoms with Crippen LogP contribution >= 0.6 is 0 Å². The monoisotopic (exact) mass is 279 g/mol. The molecule has 1 rings (SSSR count). The van der Waals surface area contributed by atoms with Crippen LogP contribution in [0.3, 0.4) is 0 Å². The zero-order valence-electron chi connectivity index (χ0n) is 12.9. The van der Waals surface area contributed by atoms with Gasteiger partial charge in [0, 0.05) is 6.04 Å². The molecule has 0 aliphatic rings. The van der Waals surface area contributed by atoms with E-state index in [1.54, 1.807) is 32.4 Å². The molecule has 4 nitrogen and oxygen atoms in total. The Kier molecular flexibility index (Phi) is 6.91. The highest BCUT2D eigenvalue weighted by atomic mass is 16.5. The van der Waals surface area contributed by atoms with Crippen LogP contribution in [-0.4, -0.2) is 26.2 Å². The SMILES string of the molecule is CCCCCC(C)NC(=O)c1cccc(OC)c1OC. The third-order valence-corrected chi connectivity index (χ3v) is 3.27. The first-order chi connectivity index (χ1) is 9.63. The average Bonchev–Trinajstić information content (AvgIpc) is 2.46. The zero-order valence-corrected chi connectivity index (χ0v) is 12.9. The molecule has 0 spiro atoms. The number of para-hydroxylation sites is 1. The van der Waals surface area contributed by atoms with Gasteiger partial charge in [0.05, 0.1) is 19.8 Å². The normalized spacial score (nSPS) is 11.8. The lowest BCUT2D eigenvalue weighted by Gasteiger charge is -2.16. The number of hydrogen-bond acceptors (Lipinski definition) is 3. The summed E-state index contributed by atoms with van der Waals surface area (Å²) in [7, 11) is 3.10. The smallest absolute Gasteiger partial charge is 0.255 e. The molecule has 1 unspecified atom stereocenters. The number of ether oxygens (including phenoxy) is 2. The predicted octanol–water partition coefficient (Wildman–Crippen LogP) is 3.40. The van der Waals surface area contributed by atoms with Crippen molar-refractivity contribution in [3.63, 3.8) is 0 Å². The molecular formula is C16H25NO3. The summed E-state index contributed by atoms with van der Waals surface area (Å²) in [5, 5.41) is 3.01. The van der Waals surface area contributed by atoms with Gasteiger partial charge in [0.15, 0.2) is 11.5 Å². The second-order valence-corrected chi connectivity index (χ2v) is 4.91. The highest BCUT2D eigenvalue weighted by Crippen LogP contribution is 2.30. The lowest BCUT2D eigenvalue weighted by atomic mass is 10.1. The van der Waals surface area contributed by atoms with E-state index in [4.69, 9.17) is 9.47 Å². The molecule has 0 heterocycles. The maximum atomic E-state index is 12.3. The van der Waals surface area contributed by atoms with E-state index in [9.17, 15) is 4.79 Å². The average molecular weight is 279 g/mol. The Morgan fingerprint density at radius 1 is 1.25 bits per heavy atom. The number of hydrogen-bond donors (Lipinski definition) is 1. The molecule has 0 aliphatic heterocycles. The van der Waals surface area contributed by atoms with E-state index in [1.807, 2.05) is 6.92 Å². The molecule has 1 amide bonds. The van der Waals surface area contributed by atoms with Gasteiger partial charge in [-0.15, -0.1) is 0 Å². The predicted molar refractivity (Wildman–Crippen MR) is 80.6 cm³/mol. The molecule has 0 fully saturated rings. The van der Waals surface area contributed by atoms with Crippen LogP contribution in [0.25, 0.3) is 0 Å². The Balaban J connectivity index is 2.72. The van der Waals surface area contributed by atoms with Crippen LogP contribution in [0.5, 0.6) is 11.5 Å². The standard InChI is InChI=1S/C16H25NO3/c1-5-6-7-9-12(2)17-16(18)13-10-8-11-14(19-3)15(13)20-4/h8,10-12H,5-7,9H2,1-4H3,(H,17,18). The number of methoxy groups -OCH3 is 2. The van der Waals surface area contributed by atoms with E-state index in [2.05, 4.69) is 12.2 Å². The number of rotatable bonds is 8. The Morgan fingerprint density at radius 2 is 2.00 bits per heavy atom. The third-order valence-electron chi connectivity index (χ3n) is 3.27. The van der Waals surface area contributed by atoms with Crippen LogP contribution in [0.1, 0.15) is 49.9 Å². The van der Waals surface area contributed by atoms with Gasteiger partial charge < -0.3 is 14.8 Å². The summed E-state index contributed by atoms with van der Waals surface area (Å²) in [5.41, 5.74) is 0.509. The molecule has 0 saturated heterocycles. The summed E-state index contributed by atoms with van der Waals surface area (Å²) >= 11 is 0. The maximum Gasteiger partial charge on any atom is 0.255 e. The summed E-state index contributed by atoms with van der Waals surface area (Å²) in [6.45, 7) is 4.20.